The molecular weight excluding hydrogens is 638 g/mol. The maximum absolute atomic E-state index is 12.9. The number of oxime groups is 1. The van der Waals surface area contributed by atoms with Crippen LogP contribution < -0.4 is 4.74 Å². The molecule has 0 radical (unpaired) electrons. The van der Waals surface area contributed by atoms with Gasteiger partial charge in [0.15, 0.2) is 11.5 Å². The summed E-state index contributed by atoms with van der Waals surface area (Å²) in [7, 11) is 0. The summed E-state index contributed by atoms with van der Waals surface area (Å²) in [4.78, 5) is 29.1. The molecule has 0 aliphatic carbocycles. The topological polar surface area (TPSA) is 94.4 Å². The third-order valence-corrected chi connectivity index (χ3v) is 6.03. The molecule has 7 nitrogen and oxygen atoms in total. The minimum absolute atomic E-state index is 0.120. The third kappa shape index (κ3) is 6.91. The smallest absolute Gasteiger partial charge is 0.347 e. The largest absolute Gasteiger partial charge is 0.507 e. The molecule has 0 saturated heterocycles. The van der Waals surface area contributed by atoms with Crippen molar-refractivity contribution >= 4 is 65.8 Å². The molecule has 0 aromatic heterocycles. The second-order valence-corrected chi connectivity index (χ2v) is 9.37. The molecule has 3 rings (SSSR count). The highest BCUT2D eigenvalue weighted by Gasteiger charge is 2.17. The quantitative estimate of drug-likeness (QED) is 0.121. The van der Waals surface area contributed by atoms with Crippen molar-refractivity contribution in [2.75, 3.05) is 13.2 Å². The van der Waals surface area contributed by atoms with Crippen LogP contribution in [-0.4, -0.2) is 36.3 Å². The number of rotatable bonds is 9. The van der Waals surface area contributed by atoms with Gasteiger partial charge in [0, 0.05) is 10.0 Å². The Labute approximate surface area is 221 Å². The number of hydrogen-bond donors (Lipinski definition) is 1. The fraction of sp³-hybridized carbons (Fsp3) is 0.125. The Kier molecular flexibility index (Phi) is 9.26. The lowest BCUT2D eigenvalue weighted by atomic mass is 10.0. The van der Waals surface area contributed by atoms with E-state index >= 15 is 0 Å². The molecule has 176 valence electrons. The van der Waals surface area contributed by atoms with Crippen LogP contribution in [0.2, 0.25) is 0 Å². The molecule has 1 N–H and O–H groups in total. The monoisotopic (exact) mass is 653 g/mol. The van der Waals surface area contributed by atoms with Gasteiger partial charge in [-0.15, -0.1) is 0 Å². The minimum atomic E-state index is -0.502. The summed E-state index contributed by atoms with van der Waals surface area (Å²) in [5, 5.41) is 14.0. The van der Waals surface area contributed by atoms with Gasteiger partial charge in [0.1, 0.15) is 11.5 Å². The van der Waals surface area contributed by atoms with Crippen LogP contribution in [0.4, 0.5) is 0 Å². The molecule has 3 aromatic carbocycles. The first-order valence-electron chi connectivity index (χ1n) is 9.89. The Hall–Kier alpha value is -2.69. The lowest BCUT2D eigenvalue weighted by Gasteiger charge is -2.12. The number of ether oxygens (including phenoxy) is 2. The van der Waals surface area contributed by atoms with E-state index in [0.29, 0.717) is 31.6 Å². The zero-order chi connectivity index (χ0) is 24.7. The number of benzene rings is 3. The van der Waals surface area contributed by atoms with Crippen LogP contribution in [0.1, 0.15) is 28.4 Å². The van der Waals surface area contributed by atoms with Crippen molar-refractivity contribution in [1.82, 2.24) is 0 Å². The Balaban J connectivity index is 1.76. The molecular formula is C24H18Br3NO6. The second-order valence-electron chi connectivity index (χ2n) is 6.74. The van der Waals surface area contributed by atoms with Crippen molar-refractivity contribution in [3.8, 4) is 17.2 Å². The van der Waals surface area contributed by atoms with E-state index in [0.717, 1.165) is 4.47 Å². The first-order valence-corrected chi connectivity index (χ1v) is 12.3. The number of phenolic OH excluding ortho intramolecular Hbond substituents is 1. The lowest BCUT2D eigenvalue weighted by molar-refractivity contribution is -0.148. The van der Waals surface area contributed by atoms with Crippen LogP contribution in [0.25, 0.3) is 0 Å². The Morgan fingerprint density at radius 2 is 1.68 bits per heavy atom. The van der Waals surface area contributed by atoms with Gasteiger partial charge in [-0.25, -0.2) is 4.79 Å². The highest BCUT2D eigenvalue weighted by atomic mass is 79.9. The molecule has 0 amide bonds. The van der Waals surface area contributed by atoms with Gasteiger partial charge in [0.05, 0.1) is 27.3 Å². The number of carbonyl (C=O) groups is 2. The van der Waals surface area contributed by atoms with Gasteiger partial charge in [-0.3, -0.25) is 4.79 Å². The predicted octanol–water partition coefficient (Wildman–Crippen LogP) is 6.62. The Morgan fingerprint density at radius 1 is 1.00 bits per heavy atom. The van der Waals surface area contributed by atoms with E-state index in [9.17, 15) is 14.7 Å². The van der Waals surface area contributed by atoms with Crippen molar-refractivity contribution < 1.29 is 29.0 Å². The van der Waals surface area contributed by atoms with Crippen molar-refractivity contribution in [2.45, 2.75) is 6.92 Å². The first-order chi connectivity index (χ1) is 16.3. The van der Waals surface area contributed by atoms with Gasteiger partial charge in [0.25, 0.3) is 0 Å². The third-order valence-electron chi connectivity index (χ3n) is 4.32. The van der Waals surface area contributed by atoms with Gasteiger partial charge in [-0.05, 0) is 98.9 Å². The summed E-state index contributed by atoms with van der Waals surface area (Å²) in [6.45, 7) is 1.70. The summed E-state index contributed by atoms with van der Waals surface area (Å²) in [6.07, 6.45) is 1.44. The van der Waals surface area contributed by atoms with Gasteiger partial charge < -0.3 is 19.4 Å². The van der Waals surface area contributed by atoms with Crippen molar-refractivity contribution in [1.29, 1.82) is 0 Å². The highest BCUT2D eigenvalue weighted by molar-refractivity contribution is 9.11. The van der Waals surface area contributed by atoms with Crippen LogP contribution in [0.5, 0.6) is 17.2 Å². The highest BCUT2D eigenvalue weighted by Crippen LogP contribution is 2.38. The van der Waals surface area contributed by atoms with Gasteiger partial charge in [0.2, 0.25) is 6.61 Å². The SMILES string of the molecule is CCOC(=O)CO/N=C/c1cc(Br)c(Oc2ccc(O)c(C(=O)c3ccc(Br)cc3)c2)c(Br)c1. The van der Waals surface area contributed by atoms with Gasteiger partial charge in [-0.1, -0.05) is 21.1 Å². The fourth-order valence-electron chi connectivity index (χ4n) is 2.78. The van der Waals surface area contributed by atoms with E-state index in [2.05, 4.69) is 52.9 Å². The van der Waals surface area contributed by atoms with Crippen LogP contribution >= 0.6 is 47.8 Å². The molecule has 0 aliphatic rings. The molecule has 0 saturated carbocycles. The molecule has 0 fully saturated rings. The van der Waals surface area contributed by atoms with Crippen LogP contribution in [-0.2, 0) is 14.4 Å². The number of aromatic hydroxyl groups is 1. The summed E-state index contributed by atoms with van der Waals surface area (Å²) in [5.41, 5.74) is 1.23. The summed E-state index contributed by atoms with van der Waals surface area (Å²) in [6, 6.07) is 14.8. The molecule has 0 bridgehead atoms. The van der Waals surface area contributed by atoms with Crippen molar-refractivity contribution in [3.63, 3.8) is 0 Å². The van der Waals surface area contributed by atoms with Gasteiger partial charge >= 0.3 is 5.97 Å². The number of ketones is 1. The molecule has 3 aromatic rings. The normalized spacial score (nSPS) is 10.8. The predicted molar refractivity (Wildman–Crippen MR) is 138 cm³/mol. The number of phenols is 1. The molecule has 0 spiro atoms. The summed E-state index contributed by atoms with van der Waals surface area (Å²) in [5.74, 6) is -0.162. The first kappa shape index (κ1) is 25.9. The number of halogens is 3. The van der Waals surface area contributed by atoms with E-state index in [4.69, 9.17) is 14.3 Å². The Bertz CT molecular complexity index is 1200. The average Bonchev–Trinajstić information content (AvgIpc) is 2.80. The number of hydrogen-bond acceptors (Lipinski definition) is 7. The second kappa shape index (κ2) is 12.1. The van der Waals surface area contributed by atoms with Crippen LogP contribution in [0, 0.1) is 0 Å². The van der Waals surface area contributed by atoms with Crippen molar-refractivity contribution in [3.05, 3.63) is 84.7 Å². The zero-order valence-corrected chi connectivity index (χ0v) is 22.5. The molecule has 0 heterocycles. The maximum Gasteiger partial charge on any atom is 0.347 e. The Morgan fingerprint density at radius 3 is 2.32 bits per heavy atom. The average molecular weight is 656 g/mol. The fourth-order valence-corrected chi connectivity index (χ4v) is 4.43. The van der Waals surface area contributed by atoms with E-state index in [1.54, 1.807) is 49.4 Å². The lowest BCUT2D eigenvalue weighted by Crippen LogP contribution is -2.10. The molecule has 0 unspecified atom stereocenters. The molecule has 34 heavy (non-hydrogen) atoms. The summed E-state index contributed by atoms with van der Waals surface area (Å²) >= 11 is 10.3. The van der Waals surface area contributed by atoms with Gasteiger partial charge in [-0.2, -0.15) is 0 Å². The van der Waals surface area contributed by atoms with E-state index in [1.165, 1.54) is 18.3 Å². The zero-order valence-electron chi connectivity index (χ0n) is 17.8. The van der Waals surface area contributed by atoms with E-state index in [-0.39, 0.29) is 30.3 Å². The molecule has 10 heteroatoms. The van der Waals surface area contributed by atoms with Crippen LogP contribution in [0.3, 0.4) is 0 Å². The van der Waals surface area contributed by atoms with E-state index < -0.39 is 5.97 Å². The van der Waals surface area contributed by atoms with Crippen LogP contribution in [0.15, 0.2) is 73.2 Å². The molecule has 0 aliphatic heterocycles. The molecule has 0 atom stereocenters. The van der Waals surface area contributed by atoms with E-state index in [1.807, 2.05) is 0 Å². The number of esters is 1. The summed E-state index contributed by atoms with van der Waals surface area (Å²) < 4.78 is 12.8. The number of nitrogens with zero attached hydrogens (tertiary/aromatic N) is 1. The number of carbonyl (C=O) groups excluding carboxylic acids is 2. The maximum atomic E-state index is 12.9. The van der Waals surface area contributed by atoms with Crippen molar-refractivity contribution in [2.24, 2.45) is 5.16 Å². The standard InChI is InChI=1S/C24H18Br3NO6/c1-2-32-22(30)13-33-28-12-14-9-19(26)24(20(27)10-14)34-17-7-8-21(29)18(11-17)23(31)15-3-5-16(25)6-4-15/h3-12,29H,2,13H2,1H3/b28-12+. The minimum Gasteiger partial charge on any atom is -0.507 e.